The Balaban J connectivity index is 0.000000293. The van der Waals surface area contributed by atoms with Gasteiger partial charge in [0, 0.05) is 13.8 Å². The molecule has 5 nitrogen and oxygen atoms in total. The monoisotopic (exact) mass is 224 g/mol. The molecule has 1 aromatic carbocycles. The van der Waals surface area contributed by atoms with E-state index in [4.69, 9.17) is 5.11 Å². The fraction of sp³-hybridized carbons (Fsp3) is 0.182. The molecule has 0 aromatic heterocycles. The van der Waals surface area contributed by atoms with Crippen LogP contribution in [0.15, 0.2) is 30.3 Å². The quantitative estimate of drug-likeness (QED) is 0.577. The number of hydrogen-bond donors (Lipinski definition) is 1. The van der Waals surface area contributed by atoms with Crippen molar-refractivity contribution in [1.82, 2.24) is 0 Å². The lowest BCUT2D eigenvalue weighted by molar-refractivity contribution is -0.156. The summed E-state index contributed by atoms with van der Waals surface area (Å²) in [5.74, 6) is -2.00. The highest BCUT2D eigenvalue weighted by atomic mass is 16.6. The second kappa shape index (κ2) is 7.17. The van der Waals surface area contributed by atoms with Crippen molar-refractivity contribution in [3.8, 4) is 0 Å². The van der Waals surface area contributed by atoms with Gasteiger partial charge in [0.2, 0.25) is 0 Å². The molecule has 1 N–H and O–H groups in total. The minimum absolute atomic E-state index is 0.331. The van der Waals surface area contributed by atoms with Gasteiger partial charge in [-0.2, -0.15) is 0 Å². The largest absolute Gasteiger partial charge is 0.478 e. The maximum Gasteiger partial charge on any atom is 0.335 e. The Bertz CT molecular complexity index is 357. The Morgan fingerprint density at radius 2 is 1.44 bits per heavy atom. The summed E-state index contributed by atoms with van der Waals surface area (Å²) >= 11 is 0. The van der Waals surface area contributed by atoms with Crippen LogP contribution in [0, 0.1) is 0 Å². The second-order valence-corrected chi connectivity index (χ2v) is 2.76. The van der Waals surface area contributed by atoms with Crippen LogP contribution in [-0.4, -0.2) is 23.0 Å². The van der Waals surface area contributed by atoms with Gasteiger partial charge in [-0.1, -0.05) is 18.2 Å². The standard InChI is InChI=1S/C7H6O2.C4H6O3/c8-7(9)6-4-2-1-3-5-6;1-3(5)7-4(2)6/h1-5H,(H,8,9);1-2H3. The van der Waals surface area contributed by atoms with Crippen molar-refractivity contribution in [2.45, 2.75) is 13.8 Å². The fourth-order valence-electron chi connectivity index (χ4n) is 0.783. The number of carbonyl (C=O) groups excluding carboxylic acids is 2. The molecular formula is C11H12O5. The van der Waals surface area contributed by atoms with Crippen molar-refractivity contribution < 1.29 is 24.2 Å². The zero-order chi connectivity index (χ0) is 12.6. The summed E-state index contributed by atoms with van der Waals surface area (Å²) in [6.07, 6.45) is 0. The van der Waals surface area contributed by atoms with Crippen LogP contribution in [0.1, 0.15) is 24.2 Å². The Morgan fingerprint density at radius 1 is 1.00 bits per heavy atom. The first kappa shape index (κ1) is 13.8. The number of benzene rings is 1. The molecule has 5 heteroatoms. The maximum absolute atomic E-state index is 10.2. The van der Waals surface area contributed by atoms with Gasteiger partial charge in [0.25, 0.3) is 0 Å². The van der Waals surface area contributed by atoms with Crippen LogP contribution in [0.2, 0.25) is 0 Å². The maximum atomic E-state index is 10.2. The van der Waals surface area contributed by atoms with Crippen LogP contribution in [0.5, 0.6) is 0 Å². The summed E-state index contributed by atoms with van der Waals surface area (Å²) in [6, 6.07) is 8.30. The smallest absolute Gasteiger partial charge is 0.335 e. The summed E-state index contributed by atoms with van der Waals surface area (Å²) in [6.45, 7) is 2.36. The summed E-state index contributed by atoms with van der Waals surface area (Å²) in [7, 11) is 0. The lowest BCUT2D eigenvalue weighted by Gasteiger charge is -1.88. The molecule has 0 spiro atoms. The van der Waals surface area contributed by atoms with Gasteiger partial charge in [-0.05, 0) is 12.1 Å². The van der Waals surface area contributed by atoms with E-state index < -0.39 is 17.9 Å². The first-order valence-corrected chi connectivity index (χ1v) is 4.40. The van der Waals surface area contributed by atoms with E-state index in [0.29, 0.717) is 5.56 Å². The minimum atomic E-state index is -0.879. The Hall–Kier alpha value is -2.17. The zero-order valence-electron chi connectivity index (χ0n) is 8.97. The first-order valence-electron chi connectivity index (χ1n) is 4.40. The Labute approximate surface area is 92.7 Å². The highest BCUT2D eigenvalue weighted by Crippen LogP contribution is 1.96. The lowest BCUT2D eigenvalue weighted by atomic mass is 10.2. The molecule has 0 aliphatic rings. The van der Waals surface area contributed by atoms with Gasteiger partial charge in [0.15, 0.2) is 0 Å². The number of esters is 2. The van der Waals surface area contributed by atoms with E-state index in [1.165, 1.54) is 13.8 Å². The third-order valence-corrected chi connectivity index (χ3v) is 1.31. The van der Waals surface area contributed by atoms with Gasteiger partial charge in [-0.25, -0.2) is 4.79 Å². The van der Waals surface area contributed by atoms with E-state index >= 15 is 0 Å². The first-order chi connectivity index (χ1) is 7.43. The molecule has 1 rings (SSSR count). The molecule has 0 radical (unpaired) electrons. The minimum Gasteiger partial charge on any atom is -0.478 e. The van der Waals surface area contributed by atoms with E-state index in [0.717, 1.165) is 0 Å². The predicted octanol–water partition coefficient (Wildman–Crippen LogP) is 1.48. The molecule has 0 bridgehead atoms. The molecule has 86 valence electrons. The van der Waals surface area contributed by atoms with Crippen LogP contribution in [-0.2, 0) is 14.3 Å². The highest BCUT2D eigenvalue weighted by molar-refractivity contribution is 5.87. The van der Waals surface area contributed by atoms with Gasteiger partial charge >= 0.3 is 17.9 Å². The van der Waals surface area contributed by atoms with E-state index in [1.54, 1.807) is 30.3 Å². The molecule has 0 fully saturated rings. The number of hydrogen-bond acceptors (Lipinski definition) is 4. The third-order valence-electron chi connectivity index (χ3n) is 1.31. The molecule has 0 saturated carbocycles. The second-order valence-electron chi connectivity index (χ2n) is 2.76. The highest BCUT2D eigenvalue weighted by Gasteiger charge is 1.96. The van der Waals surface area contributed by atoms with Gasteiger partial charge in [-0.15, -0.1) is 0 Å². The molecule has 16 heavy (non-hydrogen) atoms. The van der Waals surface area contributed by atoms with Crippen LogP contribution in [0.3, 0.4) is 0 Å². The fourth-order valence-corrected chi connectivity index (χ4v) is 0.783. The average Bonchev–Trinajstić information content (AvgIpc) is 2.17. The van der Waals surface area contributed by atoms with Crippen LogP contribution in [0.25, 0.3) is 0 Å². The number of rotatable bonds is 1. The van der Waals surface area contributed by atoms with Gasteiger partial charge in [0.05, 0.1) is 5.56 Å². The van der Waals surface area contributed by atoms with Crippen molar-refractivity contribution in [3.05, 3.63) is 35.9 Å². The van der Waals surface area contributed by atoms with Gasteiger partial charge in [-0.3, -0.25) is 9.59 Å². The Kier molecular flexibility index (Phi) is 6.19. The van der Waals surface area contributed by atoms with E-state index in [9.17, 15) is 14.4 Å². The van der Waals surface area contributed by atoms with E-state index in [-0.39, 0.29) is 0 Å². The van der Waals surface area contributed by atoms with Crippen molar-refractivity contribution in [3.63, 3.8) is 0 Å². The molecule has 0 aliphatic carbocycles. The SMILES string of the molecule is CC(=O)OC(C)=O.O=C(O)c1ccccc1. The lowest BCUT2D eigenvalue weighted by Crippen LogP contribution is -2.03. The van der Waals surface area contributed by atoms with E-state index in [1.807, 2.05) is 0 Å². The van der Waals surface area contributed by atoms with E-state index in [2.05, 4.69) is 4.74 Å². The van der Waals surface area contributed by atoms with Crippen LogP contribution in [0.4, 0.5) is 0 Å². The molecule has 0 unspecified atom stereocenters. The van der Waals surface area contributed by atoms with Crippen LogP contribution < -0.4 is 0 Å². The third kappa shape index (κ3) is 7.25. The van der Waals surface area contributed by atoms with Crippen LogP contribution >= 0.6 is 0 Å². The Morgan fingerprint density at radius 3 is 1.62 bits per heavy atom. The molecule has 1 aromatic rings. The topological polar surface area (TPSA) is 80.7 Å². The number of carboxylic acid groups (broad SMARTS) is 1. The summed E-state index contributed by atoms with van der Waals surface area (Å²) < 4.78 is 3.97. The number of carboxylic acids is 1. The normalized spacial score (nSPS) is 8.38. The van der Waals surface area contributed by atoms with Crippen molar-refractivity contribution in [1.29, 1.82) is 0 Å². The summed E-state index contributed by atoms with van der Waals surface area (Å²) in [5, 5.41) is 8.38. The predicted molar refractivity (Wildman–Crippen MR) is 55.8 cm³/mol. The van der Waals surface area contributed by atoms with Gasteiger partial charge in [0.1, 0.15) is 0 Å². The van der Waals surface area contributed by atoms with Crippen molar-refractivity contribution >= 4 is 17.9 Å². The molecule has 0 amide bonds. The number of carbonyl (C=O) groups is 3. The molecular weight excluding hydrogens is 212 g/mol. The number of aromatic carboxylic acids is 1. The van der Waals surface area contributed by atoms with Crippen molar-refractivity contribution in [2.24, 2.45) is 0 Å². The molecule has 0 heterocycles. The molecule has 0 atom stereocenters. The summed E-state index contributed by atoms with van der Waals surface area (Å²) in [4.78, 5) is 29.8. The van der Waals surface area contributed by atoms with Gasteiger partial charge < -0.3 is 9.84 Å². The number of ether oxygens (including phenoxy) is 1. The van der Waals surface area contributed by atoms with Crippen molar-refractivity contribution in [2.75, 3.05) is 0 Å². The average molecular weight is 224 g/mol. The molecule has 0 aliphatic heterocycles. The zero-order valence-corrected chi connectivity index (χ0v) is 8.97. The summed E-state index contributed by atoms with van der Waals surface area (Å²) in [5.41, 5.74) is 0.331. The molecule has 0 saturated heterocycles.